The predicted molar refractivity (Wildman–Crippen MR) is 101 cm³/mol. The van der Waals surface area contributed by atoms with Crippen molar-refractivity contribution < 1.29 is 19.7 Å². The Hall–Kier alpha value is -2.90. The number of nitrogens with zero attached hydrogens (tertiary/aromatic N) is 3. The maximum absolute atomic E-state index is 12.0. The average molecular weight is 367 g/mol. The van der Waals surface area contributed by atoms with Crippen molar-refractivity contribution in [1.82, 2.24) is 14.5 Å². The first-order valence-electron chi connectivity index (χ1n) is 8.84. The van der Waals surface area contributed by atoms with Gasteiger partial charge in [-0.25, -0.2) is 4.79 Å². The van der Waals surface area contributed by atoms with Crippen LogP contribution in [0.25, 0.3) is 22.0 Å². The molecule has 0 aliphatic carbocycles. The average Bonchev–Trinajstić information content (AvgIpc) is 2.94. The van der Waals surface area contributed by atoms with Crippen LogP contribution >= 0.6 is 0 Å². The highest BCUT2D eigenvalue weighted by Gasteiger charge is 2.24. The van der Waals surface area contributed by atoms with Crippen LogP contribution in [-0.4, -0.2) is 56.9 Å². The van der Waals surface area contributed by atoms with E-state index < -0.39 is 5.97 Å². The highest BCUT2D eigenvalue weighted by molar-refractivity contribution is 6.06. The van der Waals surface area contributed by atoms with Crippen molar-refractivity contribution in [2.24, 2.45) is 7.05 Å². The Balaban J connectivity index is 1.87. The molecule has 7 nitrogen and oxygen atoms in total. The highest BCUT2D eigenvalue weighted by atomic mass is 16.5. The minimum atomic E-state index is -0.989. The zero-order valence-corrected chi connectivity index (χ0v) is 15.1. The Morgan fingerprint density at radius 2 is 2.07 bits per heavy atom. The molecule has 2 aromatic heterocycles. The van der Waals surface area contributed by atoms with Crippen molar-refractivity contribution in [3.8, 4) is 16.9 Å². The number of aromatic nitrogens is 2. The van der Waals surface area contributed by atoms with E-state index in [1.165, 1.54) is 0 Å². The fraction of sp³-hybridized carbons (Fsp3) is 0.300. The van der Waals surface area contributed by atoms with Crippen molar-refractivity contribution in [1.29, 1.82) is 0 Å². The Labute approximate surface area is 156 Å². The number of hydrogen-bond donors (Lipinski definition) is 2. The lowest BCUT2D eigenvalue weighted by Gasteiger charge is -2.27. The SMILES string of the molecule is Cn1c(CN2CCOCC2)c(C(=O)O)c2cc(O)c(-c3cccnc3)cc21. The van der Waals surface area contributed by atoms with Gasteiger partial charge in [0.15, 0.2) is 0 Å². The van der Waals surface area contributed by atoms with Crippen molar-refractivity contribution in [2.75, 3.05) is 26.3 Å². The number of aromatic hydroxyl groups is 1. The molecule has 4 rings (SSSR count). The third-order valence-electron chi connectivity index (χ3n) is 5.10. The summed E-state index contributed by atoms with van der Waals surface area (Å²) in [5.74, 6) is -0.945. The molecule has 0 bridgehead atoms. The van der Waals surface area contributed by atoms with E-state index in [9.17, 15) is 15.0 Å². The number of aryl methyl sites for hydroxylation is 1. The number of carbonyl (C=O) groups is 1. The van der Waals surface area contributed by atoms with Crippen LogP contribution in [0.5, 0.6) is 5.75 Å². The highest BCUT2D eigenvalue weighted by Crippen LogP contribution is 2.36. The van der Waals surface area contributed by atoms with E-state index in [0.29, 0.717) is 30.7 Å². The number of carboxylic acids is 1. The van der Waals surface area contributed by atoms with Gasteiger partial charge in [0.2, 0.25) is 0 Å². The molecular formula is C20H21N3O4. The predicted octanol–water partition coefficient (Wildman–Crippen LogP) is 2.48. The molecule has 0 spiro atoms. The summed E-state index contributed by atoms with van der Waals surface area (Å²) in [5.41, 5.74) is 3.15. The van der Waals surface area contributed by atoms with Gasteiger partial charge >= 0.3 is 5.97 Å². The maximum Gasteiger partial charge on any atom is 0.338 e. The fourth-order valence-corrected chi connectivity index (χ4v) is 3.67. The molecule has 1 aromatic carbocycles. The molecule has 0 radical (unpaired) electrons. The first-order valence-corrected chi connectivity index (χ1v) is 8.84. The number of rotatable bonds is 4. The minimum Gasteiger partial charge on any atom is -0.507 e. The third-order valence-corrected chi connectivity index (χ3v) is 5.10. The van der Waals surface area contributed by atoms with E-state index in [-0.39, 0.29) is 11.3 Å². The molecule has 0 unspecified atom stereocenters. The van der Waals surface area contributed by atoms with Crippen molar-refractivity contribution in [3.63, 3.8) is 0 Å². The number of carboxylic acid groups (broad SMARTS) is 1. The van der Waals surface area contributed by atoms with Crippen LogP contribution in [0, 0.1) is 0 Å². The number of aromatic carboxylic acids is 1. The van der Waals surface area contributed by atoms with Gasteiger partial charge in [-0.05, 0) is 18.2 Å². The van der Waals surface area contributed by atoms with Gasteiger partial charge in [-0.15, -0.1) is 0 Å². The number of phenols is 1. The van der Waals surface area contributed by atoms with E-state index in [4.69, 9.17) is 4.74 Å². The summed E-state index contributed by atoms with van der Waals surface area (Å²) in [7, 11) is 1.87. The van der Waals surface area contributed by atoms with Crippen LogP contribution < -0.4 is 0 Å². The number of pyridine rings is 1. The van der Waals surface area contributed by atoms with E-state index in [1.54, 1.807) is 24.5 Å². The van der Waals surface area contributed by atoms with Crippen molar-refractivity contribution in [2.45, 2.75) is 6.54 Å². The summed E-state index contributed by atoms with van der Waals surface area (Å²) in [6, 6.07) is 7.04. The number of ether oxygens (including phenoxy) is 1. The summed E-state index contributed by atoms with van der Waals surface area (Å²) in [5, 5.41) is 20.9. The molecule has 0 atom stereocenters. The minimum absolute atomic E-state index is 0.0431. The summed E-state index contributed by atoms with van der Waals surface area (Å²) in [6.07, 6.45) is 3.35. The lowest BCUT2D eigenvalue weighted by atomic mass is 10.0. The quantitative estimate of drug-likeness (QED) is 0.737. The Morgan fingerprint density at radius 3 is 2.74 bits per heavy atom. The summed E-state index contributed by atoms with van der Waals surface area (Å²) in [4.78, 5) is 18.3. The van der Waals surface area contributed by atoms with Crippen molar-refractivity contribution in [3.05, 3.63) is 47.9 Å². The second-order valence-electron chi connectivity index (χ2n) is 6.70. The van der Waals surface area contributed by atoms with E-state index in [0.717, 1.165) is 29.9 Å². The molecule has 27 heavy (non-hydrogen) atoms. The second-order valence-corrected chi connectivity index (χ2v) is 6.70. The number of phenolic OH excluding ortho intramolecular Hbond substituents is 1. The summed E-state index contributed by atoms with van der Waals surface area (Å²) < 4.78 is 7.29. The third kappa shape index (κ3) is 3.15. The number of morpholine rings is 1. The molecule has 0 amide bonds. The molecule has 1 saturated heterocycles. The standard InChI is InChI=1S/C20H21N3O4/c1-22-16-9-14(13-3-2-4-21-11-13)18(24)10-15(16)19(20(25)26)17(22)12-23-5-7-27-8-6-23/h2-4,9-11,24H,5-8,12H2,1H3,(H,25,26). The van der Waals surface area contributed by atoms with Crippen LogP contribution in [0.15, 0.2) is 36.7 Å². The zero-order valence-electron chi connectivity index (χ0n) is 15.1. The zero-order chi connectivity index (χ0) is 19.0. The van der Waals surface area contributed by atoms with E-state index >= 15 is 0 Å². The van der Waals surface area contributed by atoms with Crippen LogP contribution in [-0.2, 0) is 18.3 Å². The smallest absolute Gasteiger partial charge is 0.338 e. The lowest BCUT2D eigenvalue weighted by molar-refractivity contribution is 0.0331. The molecule has 3 aromatic rings. The van der Waals surface area contributed by atoms with Crippen LogP contribution in [0.2, 0.25) is 0 Å². The number of fused-ring (bicyclic) bond motifs is 1. The molecular weight excluding hydrogens is 346 g/mol. The van der Waals surface area contributed by atoms with Gasteiger partial charge in [-0.2, -0.15) is 0 Å². The largest absolute Gasteiger partial charge is 0.507 e. The lowest BCUT2D eigenvalue weighted by Crippen LogP contribution is -2.36. The molecule has 1 aliphatic heterocycles. The Morgan fingerprint density at radius 1 is 1.30 bits per heavy atom. The molecule has 2 N–H and O–H groups in total. The van der Waals surface area contributed by atoms with E-state index in [1.807, 2.05) is 23.7 Å². The van der Waals surface area contributed by atoms with Gasteiger partial charge in [-0.1, -0.05) is 6.07 Å². The molecule has 3 heterocycles. The summed E-state index contributed by atoms with van der Waals surface area (Å²) in [6.45, 7) is 3.37. The normalized spacial score (nSPS) is 15.3. The van der Waals surface area contributed by atoms with Gasteiger partial charge in [0.25, 0.3) is 0 Å². The molecule has 1 aliphatic rings. The monoisotopic (exact) mass is 367 g/mol. The number of benzene rings is 1. The van der Waals surface area contributed by atoms with Gasteiger partial charge < -0.3 is 19.5 Å². The van der Waals surface area contributed by atoms with Crippen LogP contribution in [0.1, 0.15) is 16.1 Å². The molecule has 140 valence electrons. The van der Waals surface area contributed by atoms with E-state index in [2.05, 4.69) is 9.88 Å². The van der Waals surface area contributed by atoms with Crippen LogP contribution in [0.4, 0.5) is 0 Å². The van der Waals surface area contributed by atoms with Gasteiger partial charge in [-0.3, -0.25) is 9.88 Å². The van der Waals surface area contributed by atoms with Crippen LogP contribution in [0.3, 0.4) is 0 Å². The van der Waals surface area contributed by atoms with Gasteiger partial charge in [0.1, 0.15) is 5.75 Å². The van der Waals surface area contributed by atoms with Gasteiger partial charge in [0.05, 0.1) is 18.8 Å². The summed E-state index contributed by atoms with van der Waals surface area (Å²) >= 11 is 0. The molecule has 7 heteroatoms. The van der Waals surface area contributed by atoms with Gasteiger partial charge in [0, 0.05) is 66.8 Å². The topological polar surface area (TPSA) is 87.8 Å². The first-order chi connectivity index (χ1) is 13.1. The maximum atomic E-state index is 12.0. The Bertz CT molecular complexity index is 992. The first kappa shape index (κ1) is 17.5. The molecule has 1 fully saturated rings. The number of hydrogen-bond acceptors (Lipinski definition) is 5. The van der Waals surface area contributed by atoms with Crippen molar-refractivity contribution >= 4 is 16.9 Å². The molecule has 0 saturated carbocycles. The fourth-order valence-electron chi connectivity index (χ4n) is 3.67. The second kappa shape index (κ2) is 7.02. The Kier molecular flexibility index (Phi) is 4.55.